The molecule has 2 aromatic carbocycles. The first-order chi connectivity index (χ1) is 18.7. The summed E-state index contributed by atoms with van der Waals surface area (Å²) < 4.78 is 149. The van der Waals surface area contributed by atoms with E-state index in [-0.39, 0.29) is 11.6 Å². The van der Waals surface area contributed by atoms with Crippen molar-refractivity contribution < 1.29 is 57.9 Å². The van der Waals surface area contributed by atoms with E-state index in [0.717, 1.165) is 36.3 Å². The van der Waals surface area contributed by atoms with Gasteiger partial charge in [0.05, 0.1) is 28.1 Å². The van der Waals surface area contributed by atoms with Gasteiger partial charge in [-0.25, -0.2) is 8.78 Å². The van der Waals surface area contributed by atoms with Gasteiger partial charge in [-0.2, -0.15) is 39.5 Å². The molecule has 0 aliphatic heterocycles. The number of nitrogens with zero attached hydrogens (tertiary/aromatic N) is 2. The van der Waals surface area contributed by atoms with Crippen molar-refractivity contribution in [2.45, 2.75) is 24.2 Å². The summed E-state index contributed by atoms with van der Waals surface area (Å²) in [7, 11) is 1.11. The number of rotatable bonds is 5. The largest absolute Gasteiger partial charge is 0.435 e. The Kier molecular flexibility index (Phi) is 8.45. The van der Waals surface area contributed by atoms with Crippen LogP contribution in [0.2, 0.25) is 0 Å². The maximum Gasteiger partial charge on any atom is 0.435 e. The Balaban J connectivity index is 2.08. The molecule has 0 aliphatic rings. The minimum atomic E-state index is -6.72. The summed E-state index contributed by atoms with van der Waals surface area (Å²) in [5, 5.41) is 1.58. The lowest BCUT2D eigenvalue weighted by atomic mass is 9.92. The van der Waals surface area contributed by atoms with Gasteiger partial charge in [-0.05, 0) is 52.3 Å². The monoisotopic (exact) mass is 663 g/mol. The van der Waals surface area contributed by atoms with Gasteiger partial charge in [-0.1, -0.05) is 6.07 Å². The van der Waals surface area contributed by atoms with E-state index in [1.54, 1.807) is 5.32 Å². The first-order valence-electron chi connectivity index (χ1n) is 10.7. The van der Waals surface area contributed by atoms with Gasteiger partial charge in [0.25, 0.3) is 11.8 Å². The molecule has 0 saturated carbocycles. The molecule has 1 heterocycles. The first-order valence-corrected chi connectivity index (χ1v) is 11.5. The average molecular weight is 664 g/mol. The van der Waals surface area contributed by atoms with Crippen LogP contribution in [-0.4, -0.2) is 36.2 Å². The van der Waals surface area contributed by atoms with Crippen LogP contribution >= 0.6 is 15.9 Å². The number of anilines is 2. The Morgan fingerprint density at radius 2 is 1.51 bits per heavy atom. The molecule has 0 bridgehead atoms. The second kappa shape index (κ2) is 10.9. The molecule has 0 aliphatic carbocycles. The number of halogens is 12. The Morgan fingerprint density at radius 1 is 0.902 bits per heavy atom. The van der Waals surface area contributed by atoms with Crippen LogP contribution in [-0.2, 0) is 11.8 Å². The van der Waals surface area contributed by atoms with E-state index in [9.17, 15) is 53.5 Å². The fourth-order valence-electron chi connectivity index (χ4n) is 3.57. The number of hydrogen-bond donors (Lipinski definition) is 1. The molecule has 0 saturated heterocycles. The van der Waals surface area contributed by atoms with Gasteiger partial charge >= 0.3 is 24.2 Å². The molecule has 0 radical (unpaired) electrons. The molecule has 3 rings (SSSR count). The number of alkyl halides is 10. The predicted molar refractivity (Wildman–Crippen MR) is 125 cm³/mol. The smallest absolute Gasteiger partial charge is 0.320 e. The number of carbonyl (C=O) groups excluding carboxylic acids is 2. The summed E-state index contributed by atoms with van der Waals surface area (Å²) in [6.07, 6.45) is -16.7. The van der Waals surface area contributed by atoms with Crippen molar-refractivity contribution in [2.24, 2.45) is 0 Å². The summed E-state index contributed by atoms with van der Waals surface area (Å²) in [6, 6.07) is 4.62. The van der Waals surface area contributed by atoms with E-state index in [1.807, 2.05) is 0 Å². The Morgan fingerprint density at radius 3 is 2.02 bits per heavy atom. The van der Waals surface area contributed by atoms with Crippen molar-refractivity contribution in [2.75, 3.05) is 17.3 Å². The van der Waals surface area contributed by atoms with E-state index in [1.165, 1.54) is 18.3 Å². The van der Waals surface area contributed by atoms with Crippen LogP contribution < -0.4 is 10.2 Å². The molecule has 2 amide bonds. The van der Waals surface area contributed by atoms with Crippen LogP contribution in [0.5, 0.6) is 0 Å². The summed E-state index contributed by atoms with van der Waals surface area (Å²) in [6.45, 7) is 0. The molecule has 0 atom stereocenters. The number of carbonyl (C=O) groups is 2. The standard InChI is InChI=1S/C24H13BrF11N3O2/c1-39(20(41)11-4-3-7-37-10-11)16-6-2-5-13(17(16)26)19(40)38-18-14(22(28,29)30)8-12(9-15(18)25)21(27,23(31,32)33)24(34,35)36/h2-10H,1H3,(H,38,40). The zero-order chi connectivity index (χ0) is 31.1. The van der Waals surface area contributed by atoms with Gasteiger partial charge in [-0.15, -0.1) is 0 Å². The number of pyridine rings is 1. The molecule has 5 nitrogen and oxygen atoms in total. The topological polar surface area (TPSA) is 62.3 Å². The Hall–Kier alpha value is -3.76. The maximum absolute atomic E-state index is 15.3. The van der Waals surface area contributed by atoms with Crippen molar-refractivity contribution in [1.82, 2.24) is 4.98 Å². The molecule has 1 N–H and O–H groups in total. The van der Waals surface area contributed by atoms with Crippen LogP contribution in [0.1, 0.15) is 31.8 Å². The van der Waals surface area contributed by atoms with Gasteiger partial charge in [-0.3, -0.25) is 14.6 Å². The summed E-state index contributed by atoms with van der Waals surface area (Å²) in [5.74, 6) is -3.84. The first kappa shape index (κ1) is 31.8. The lowest BCUT2D eigenvalue weighted by Gasteiger charge is -2.31. The van der Waals surface area contributed by atoms with Gasteiger partial charge < -0.3 is 10.2 Å². The fraction of sp³-hybridized carbons (Fsp3) is 0.208. The molecular formula is C24H13BrF11N3O2. The predicted octanol–water partition coefficient (Wildman–Crippen LogP) is 7.82. The van der Waals surface area contributed by atoms with Gasteiger partial charge in [0.15, 0.2) is 5.82 Å². The molecule has 17 heteroatoms. The molecule has 0 fully saturated rings. The summed E-state index contributed by atoms with van der Waals surface area (Å²) in [5.41, 5.74) is -13.9. The minimum absolute atomic E-state index is 0.00439. The third kappa shape index (κ3) is 5.99. The lowest BCUT2D eigenvalue weighted by Crippen LogP contribution is -2.50. The molecule has 0 spiro atoms. The highest BCUT2D eigenvalue weighted by Gasteiger charge is 2.73. The van der Waals surface area contributed by atoms with Crippen molar-refractivity contribution in [1.29, 1.82) is 0 Å². The van der Waals surface area contributed by atoms with E-state index in [2.05, 4.69) is 20.9 Å². The zero-order valence-electron chi connectivity index (χ0n) is 19.9. The highest BCUT2D eigenvalue weighted by molar-refractivity contribution is 9.10. The van der Waals surface area contributed by atoms with Crippen LogP contribution in [0, 0.1) is 5.82 Å². The van der Waals surface area contributed by atoms with Gasteiger partial charge in [0, 0.05) is 29.5 Å². The number of hydrogen-bond acceptors (Lipinski definition) is 3. The molecule has 1 aromatic heterocycles. The second-order valence-corrected chi connectivity index (χ2v) is 9.09. The third-order valence-corrected chi connectivity index (χ3v) is 6.24. The zero-order valence-corrected chi connectivity index (χ0v) is 21.5. The SMILES string of the molecule is CN(C(=O)c1cccnc1)c1cccc(C(=O)Nc2c(Br)cc(C(F)(C(F)(F)F)C(F)(F)F)cc2C(F)(F)F)c1F. The van der Waals surface area contributed by atoms with Crippen molar-refractivity contribution in [3.8, 4) is 0 Å². The van der Waals surface area contributed by atoms with Crippen LogP contribution in [0.15, 0.2) is 59.3 Å². The molecule has 0 unspecified atom stereocenters. The fourth-order valence-corrected chi connectivity index (χ4v) is 4.13. The molecule has 3 aromatic rings. The summed E-state index contributed by atoms with van der Waals surface area (Å²) >= 11 is 2.35. The lowest BCUT2D eigenvalue weighted by molar-refractivity contribution is -0.348. The maximum atomic E-state index is 15.3. The van der Waals surface area contributed by atoms with E-state index in [0.29, 0.717) is 0 Å². The highest BCUT2D eigenvalue weighted by atomic mass is 79.9. The second-order valence-electron chi connectivity index (χ2n) is 8.23. The number of benzene rings is 2. The number of aromatic nitrogens is 1. The van der Waals surface area contributed by atoms with E-state index < -0.39 is 80.4 Å². The normalized spacial score (nSPS) is 12.7. The van der Waals surface area contributed by atoms with Crippen LogP contribution in [0.3, 0.4) is 0 Å². The van der Waals surface area contributed by atoms with E-state index in [4.69, 9.17) is 0 Å². The van der Waals surface area contributed by atoms with Gasteiger partial charge in [0.2, 0.25) is 0 Å². The van der Waals surface area contributed by atoms with Gasteiger partial charge in [0.1, 0.15) is 0 Å². The third-order valence-electron chi connectivity index (χ3n) is 5.61. The highest BCUT2D eigenvalue weighted by Crippen LogP contribution is 2.55. The molecule has 220 valence electrons. The van der Waals surface area contributed by atoms with Crippen molar-refractivity contribution in [3.63, 3.8) is 0 Å². The van der Waals surface area contributed by atoms with Crippen molar-refractivity contribution in [3.05, 3.63) is 87.4 Å². The Labute approximate surface area is 231 Å². The minimum Gasteiger partial charge on any atom is -0.320 e. The van der Waals surface area contributed by atoms with Crippen LogP contribution in [0.25, 0.3) is 0 Å². The number of nitrogens with one attached hydrogen (secondary N) is 1. The van der Waals surface area contributed by atoms with Crippen molar-refractivity contribution >= 4 is 39.1 Å². The number of amides is 2. The molecule has 41 heavy (non-hydrogen) atoms. The van der Waals surface area contributed by atoms with Crippen LogP contribution in [0.4, 0.5) is 59.7 Å². The quantitative estimate of drug-likeness (QED) is 0.283. The molecular weight excluding hydrogens is 651 g/mol. The average Bonchev–Trinajstić information content (AvgIpc) is 2.86. The Bertz CT molecular complexity index is 1460. The summed E-state index contributed by atoms with van der Waals surface area (Å²) in [4.78, 5) is 29.9. The van der Waals surface area contributed by atoms with E-state index >= 15 is 4.39 Å².